The summed E-state index contributed by atoms with van der Waals surface area (Å²) in [6, 6.07) is 0. The van der Waals surface area contributed by atoms with Gasteiger partial charge in [-0.05, 0) is 12.8 Å². The van der Waals surface area contributed by atoms with E-state index in [1.54, 1.807) is 0 Å². The maximum absolute atomic E-state index is 10.5. The molecule has 0 aromatic rings. The van der Waals surface area contributed by atoms with Gasteiger partial charge in [0.25, 0.3) is 10.1 Å². The molecule has 0 heterocycles. The lowest BCUT2D eigenvalue weighted by atomic mass is 10.2. The maximum Gasteiger partial charge on any atom is 0.264 e. The van der Waals surface area contributed by atoms with E-state index in [-0.39, 0.29) is 19.0 Å². The molecule has 0 fully saturated rings. The number of hydrogen-bond acceptors (Lipinski definition) is 4. The van der Waals surface area contributed by atoms with E-state index in [1.807, 2.05) is 7.05 Å². The van der Waals surface area contributed by atoms with Gasteiger partial charge in [-0.25, -0.2) is 0 Å². The van der Waals surface area contributed by atoms with Gasteiger partial charge < -0.3 is 14.7 Å². The summed E-state index contributed by atoms with van der Waals surface area (Å²) in [4.78, 5) is 0. The molecule has 0 aliphatic carbocycles. The van der Waals surface area contributed by atoms with E-state index in [4.69, 9.17) is 14.8 Å². The van der Waals surface area contributed by atoms with Crippen molar-refractivity contribution in [2.24, 2.45) is 0 Å². The van der Waals surface area contributed by atoms with Crippen LogP contribution in [0.5, 0.6) is 0 Å². The minimum absolute atomic E-state index is 0.0365. The monoisotopic (exact) mass is 256 g/mol. The van der Waals surface area contributed by atoms with Gasteiger partial charge in [0.1, 0.15) is 13.1 Å². The normalized spacial score (nSPS) is 13.0. The Kier molecular flexibility index (Phi) is 7.09. The van der Waals surface area contributed by atoms with Gasteiger partial charge in [0.15, 0.2) is 0 Å². The molecule has 0 aromatic carbocycles. The van der Waals surface area contributed by atoms with Crippen LogP contribution in [0.25, 0.3) is 0 Å². The highest BCUT2D eigenvalue weighted by molar-refractivity contribution is 7.85. The van der Waals surface area contributed by atoms with Crippen LogP contribution in [0.1, 0.15) is 12.8 Å². The highest BCUT2D eigenvalue weighted by atomic mass is 32.2. The molecule has 0 saturated carbocycles. The van der Waals surface area contributed by atoms with Crippen molar-refractivity contribution in [3.63, 3.8) is 0 Å². The van der Waals surface area contributed by atoms with Gasteiger partial charge in [-0.2, -0.15) is 8.42 Å². The van der Waals surface area contributed by atoms with Gasteiger partial charge in [0.05, 0.1) is 32.6 Å². The van der Waals surface area contributed by atoms with Crippen molar-refractivity contribution in [3.05, 3.63) is 0 Å². The zero-order chi connectivity index (χ0) is 12.7. The predicted octanol–water partition coefficient (Wildman–Crippen LogP) is -0.914. The van der Waals surface area contributed by atoms with Gasteiger partial charge >= 0.3 is 0 Å². The molecule has 7 heteroatoms. The number of aliphatic hydroxyl groups excluding tert-OH is 2. The minimum atomic E-state index is -3.87. The zero-order valence-electron chi connectivity index (χ0n) is 9.67. The van der Waals surface area contributed by atoms with Crippen LogP contribution in [-0.2, 0) is 10.1 Å². The van der Waals surface area contributed by atoms with Crippen LogP contribution in [0, 0.1) is 0 Å². The first kappa shape index (κ1) is 15.8. The topological polar surface area (TPSA) is 94.8 Å². The average Bonchev–Trinajstić information content (AvgIpc) is 2.12. The van der Waals surface area contributed by atoms with Crippen molar-refractivity contribution in [1.29, 1.82) is 0 Å². The fraction of sp³-hybridized carbons (Fsp3) is 1.00. The fourth-order valence-corrected chi connectivity index (χ4v) is 2.17. The Hall–Kier alpha value is -0.210. The quantitative estimate of drug-likeness (QED) is 0.282. The Labute approximate surface area is 96.8 Å². The van der Waals surface area contributed by atoms with E-state index < -0.39 is 10.1 Å². The maximum atomic E-state index is 10.5. The standard InChI is InChI=1S/C9H21NO5S/c1-10(5-7-11,6-8-12)4-2-3-9-16(13,14)15/h11-12H,2-9H2,1H3/p+1. The first-order chi connectivity index (χ1) is 7.33. The third-order valence-corrected chi connectivity index (χ3v) is 3.43. The molecule has 0 aromatic heterocycles. The zero-order valence-corrected chi connectivity index (χ0v) is 10.5. The molecule has 0 bridgehead atoms. The third kappa shape index (κ3) is 8.00. The highest BCUT2D eigenvalue weighted by Crippen LogP contribution is 2.05. The van der Waals surface area contributed by atoms with Crippen LogP contribution in [0.2, 0.25) is 0 Å². The number of nitrogens with zero attached hydrogens (tertiary/aromatic N) is 1. The van der Waals surface area contributed by atoms with Crippen molar-refractivity contribution in [2.75, 3.05) is 45.6 Å². The van der Waals surface area contributed by atoms with Crippen LogP contribution < -0.4 is 0 Å². The van der Waals surface area contributed by atoms with E-state index in [0.717, 1.165) is 0 Å². The Morgan fingerprint density at radius 3 is 1.88 bits per heavy atom. The largest absolute Gasteiger partial charge is 0.391 e. The number of likely N-dealkylation sites (N-methyl/N-ethyl adjacent to an activating group) is 1. The number of hydrogen-bond donors (Lipinski definition) is 3. The van der Waals surface area contributed by atoms with Crippen LogP contribution in [-0.4, -0.2) is 73.3 Å². The van der Waals surface area contributed by atoms with Gasteiger partial charge in [-0.3, -0.25) is 4.55 Å². The Bertz CT molecular complexity index is 272. The van der Waals surface area contributed by atoms with Gasteiger partial charge in [-0.15, -0.1) is 0 Å². The summed E-state index contributed by atoms with van der Waals surface area (Å²) in [5, 5.41) is 17.8. The first-order valence-corrected chi connectivity index (χ1v) is 6.94. The van der Waals surface area contributed by atoms with Crippen LogP contribution in [0.3, 0.4) is 0 Å². The molecule has 98 valence electrons. The number of quaternary nitrogens is 1. The average molecular weight is 256 g/mol. The van der Waals surface area contributed by atoms with Crippen LogP contribution >= 0.6 is 0 Å². The lowest BCUT2D eigenvalue weighted by molar-refractivity contribution is -0.910. The second-order valence-corrected chi connectivity index (χ2v) is 5.80. The lowest BCUT2D eigenvalue weighted by Gasteiger charge is -2.33. The predicted molar refractivity (Wildman–Crippen MR) is 60.6 cm³/mol. The summed E-state index contributed by atoms with van der Waals surface area (Å²) in [6.07, 6.45) is 1.03. The number of aliphatic hydroxyl groups is 2. The van der Waals surface area contributed by atoms with Crippen molar-refractivity contribution in [3.8, 4) is 0 Å². The number of rotatable bonds is 9. The second kappa shape index (κ2) is 7.18. The Morgan fingerprint density at radius 1 is 1.00 bits per heavy atom. The summed E-state index contributed by atoms with van der Waals surface area (Å²) in [5.41, 5.74) is 0. The van der Waals surface area contributed by atoms with E-state index in [2.05, 4.69) is 0 Å². The molecule has 0 aliphatic heterocycles. The molecule has 0 unspecified atom stereocenters. The van der Waals surface area contributed by atoms with Gasteiger partial charge in [-0.1, -0.05) is 0 Å². The Morgan fingerprint density at radius 2 is 1.50 bits per heavy atom. The highest BCUT2D eigenvalue weighted by Gasteiger charge is 2.19. The molecule has 3 N–H and O–H groups in total. The van der Waals surface area contributed by atoms with E-state index in [1.165, 1.54) is 0 Å². The van der Waals surface area contributed by atoms with Crippen molar-refractivity contribution < 1.29 is 27.7 Å². The molecule has 0 saturated heterocycles. The second-order valence-electron chi connectivity index (χ2n) is 4.23. The number of unbranched alkanes of at least 4 members (excludes halogenated alkanes) is 1. The molecule has 6 nitrogen and oxygen atoms in total. The van der Waals surface area contributed by atoms with Crippen LogP contribution in [0.15, 0.2) is 0 Å². The summed E-state index contributed by atoms with van der Waals surface area (Å²) < 4.78 is 30.0. The van der Waals surface area contributed by atoms with Crippen molar-refractivity contribution >= 4 is 10.1 Å². The lowest BCUT2D eigenvalue weighted by Crippen LogP contribution is -2.48. The summed E-state index contributed by atoms with van der Waals surface area (Å²) in [5.74, 6) is -0.231. The molecule has 0 aliphatic rings. The SMILES string of the molecule is C[N+](CCO)(CCO)CCCCS(=O)(=O)O. The van der Waals surface area contributed by atoms with E-state index in [0.29, 0.717) is 37.0 Å². The minimum Gasteiger partial charge on any atom is -0.391 e. The molecular formula is C9H22NO5S+. The molecule has 16 heavy (non-hydrogen) atoms. The van der Waals surface area contributed by atoms with E-state index >= 15 is 0 Å². The summed E-state index contributed by atoms with van der Waals surface area (Å²) in [7, 11) is -1.97. The molecule has 0 rings (SSSR count). The first-order valence-electron chi connectivity index (χ1n) is 5.33. The molecule has 0 atom stereocenters. The Balaban J connectivity index is 3.93. The molecular weight excluding hydrogens is 234 g/mol. The smallest absolute Gasteiger partial charge is 0.264 e. The van der Waals surface area contributed by atoms with Crippen molar-refractivity contribution in [2.45, 2.75) is 12.8 Å². The van der Waals surface area contributed by atoms with Crippen molar-refractivity contribution in [1.82, 2.24) is 0 Å². The summed E-state index contributed by atoms with van der Waals surface area (Å²) in [6.45, 7) is 1.82. The molecule has 0 spiro atoms. The van der Waals surface area contributed by atoms with Gasteiger partial charge in [0, 0.05) is 0 Å². The third-order valence-electron chi connectivity index (χ3n) is 2.63. The fourth-order valence-electron chi connectivity index (χ4n) is 1.60. The van der Waals surface area contributed by atoms with E-state index in [9.17, 15) is 8.42 Å². The van der Waals surface area contributed by atoms with Gasteiger partial charge in [0.2, 0.25) is 0 Å². The van der Waals surface area contributed by atoms with Crippen LogP contribution in [0.4, 0.5) is 0 Å². The molecule has 0 radical (unpaired) electrons. The summed E-state index contributed by atoms with van der Waals surface area (Å²) >= 11 is 0. The molecule has 0 amide bonds.